The van der Waals surface area contributed by atoms with Gasteiger partial charge in [-0.3, -0.25) is 14.5 Å². The first-order valence-electron chi connectivity index (χ1n) is 15.0. The Morgan fingerprint density at radius 3 is 2.27 bits per heavy atom. The van der Waals surface area contributed by atoms with Gasteiger partial charge in [0.05, 0.1) is 16.3 Å². The molecule has 3 heterocycles. The molecule has 3 aromatic rings. The van der Waals surface area contributed by atoms with Crippen LogP contribution in [0.2, 0.25) is 0 Å². The van der Waals surface area contributed by atoms with E-state index in [0.717, 1.165) is 17.0 Å². The van der Waals surface area contributed by atoms with Gasteiger partial charge in [0.1, 0.15) is 0 Å². The lowest BCUT2D eigenvalue weighted by Gasteiger charge is -2.23. The molecular weight excluding hydrogens is 532 g/mol. The lowest BCUT2D eigenvalue weighted by molar-refractivity contribution is -0.130. The van der Waals surface area contributed by atoms with Crippen molar-refractivity contribution in [3.05, 3.63) is 76.9 Å². The molecule has 0 bridgehead atoms. The van der Waals surface area contributed by atoms with Gasteiger partial charge in [0, 0.05) is 66.3 Å². The first-order chi connectivity index (χ1) is 19.4. The Morgan fingerprint density at radius 2 is 1.66 bits per heavy atom. The minimum Gasteiger partial charge on any atom is -0.341 e. The Labute approximate surface area is 245 Å². The van der Waals surface area contributed by atoms with Crippen molar-refractivity contribution in [1.29, 1.82) is 0 Å². The summed E-state index contributed by atoms with van der Waals surface area (Å²) in [6.45, 7) is 13.8. The monoisotopic (exact) mass is 576 g/mol. The van der Waals surface area contributed by atoms with E-state index in [0.29, 0.717) is 36.7 Å². The van der Waals surface area contributed by atoms with Crippen molar-refractivity contribution in [2.75, 3.05) is 18.8 Å². The lowest BCUT2D eigenvalue weighted by atomic mass is 9.80. The molecule has 8 heteroatoms. The van der Waals surface area contributed by atoms with Crippen molar-refractivity contribution in [3.8, 4) is 0 Å². The molecule has 1 saturated carbocycles. The van der Waals surface area contributed by atoms with Crippen molar-refractivity contribution >= 4 is 15.7 Å². The number of aromatic nitrogens is 3. The van der Waals surface area contributed by atoms with Crippen molar-refractivity contribution in [1.82, 2.24) is 19.7 Å². The van der Waals surface area contributed by atoms with E-state index in [4.69, 9.17) is 10.1 Å². The summed E-state index contributed by atoms with van der Waals surface area (Å²) >= 11 is 0. The van der Waals surface area contributed by atoms with Gasteiger partial charge >= 0.3 is 0 Å². The number of nitrogens with zero attached hydrogens (tertiary/aromatic N) is 4. The van der Waals surface area contributed by atoms with E-state index in [9.17, 15) is 13.2 Å². The topological polar surface area (TPSA) is 85.2 Å². The van der Waals surface area contributed by atoms with Gasteiger partial charge in [0.25, 0.3) is 0 Å². The van der Waals surface area contributed by atoms with Gasteiger partial charge in [0.2, 0.25) is 5.91 Å². The normalized spacial score (nSPS) is 19.7. The molecule has 2 unspecified atom stereocenters. The third-order valence-corrected chi connectivity index (χ3v) is 10.3. The average Bonchev–Trinajstić information content (AvgIpc) is 3.52. The summed E-state index contributed by atoms with van der Waals surface area (Å²) in [4.78, 5) is 21.1. The van der Waals surface area contributed by atoms with Gasteiger partial charge in [-0.15, -0.1) is 0 Å². The number of carbonyl (C=O) groups excluding carboxylic acids is 1. The van der Waals surface area contributed by atoms with E-state index in [-0.39, 0.29) is 35.0 Å². The van der Waals surface area contributed by atoms with Crippen LogP contribution in [-0.4, -0.2) is 52.8 Å². The number of rotatable bonds is 9. The van der Waals surface area contributed by atoms with Gasteiger partial charge in [0.15, 0.2) is 9.84 Å². The smallest absolute Gasteiger partial charge is 0.222 e. The maximum atomic E-state index is 13.6. The molecule has 1 aliphatic heterocycles. The lowest BCUT2D eigenvalue weighted by Crippen LogP contribution is -2.29. The predicted octanol–water partition coefficient (Wildman–Crippen LogP) is 6.17. The van der Waals surface area contributed by atoms with Crippen LogP contribution in [0.3, 0.4) is 0 Å². The second-order valence-corrected chi connectivity index (χ2v) is 15.4. The number of hydrogen-bond donors (Lipinski definition) is 0. The zero-order valence-electron chi connectivity index (χ0n) is 25.3. The minimum absolute atomic E-state index is 0.0769. The predicted molar refractivity (Wildman–Crippen MR) is 162 cm³/mol. The molecule has 220 valence electrons. The van der Waals surface area contributed by atoms with Crippen LogP contribution in [0.15, 0.2) is 53.6 Å². The summed E-state index contributed by atoms with van der Waals surface area (Å²) in [5, 5.41) is 5.04. The molecule has 2 aromatic heterocycles. The van der Waals surface area contributed by atoms with Gasteiger partial charge < -0.3 is 4.90 Å². The van der Waals surface area contributed by atoms with Crippen LogP contribution in [0.4, 0.5) is 0 Å². The van der Waals surface area contributed by atoms with E-state index < -0.39 is 9.84 Å². The van der Waals surface area contributed by atoms with Crippen LogP contribution < -0.4 is 0 Å². The molecule has 1 saturated heterocycles. The molecule has 2 aliphatic rings. The highest BCUT2D eigenvalue weighted by atomic mass is 32.2. The second-order valence-electron chi connectivity index (χ2n) is 13.1. The molecule has 1 amide bonds. The van der Waals surface area contributed by atoms with Gasteiger partial charge in [-0.25, -0.2) is 8.42 Å². The van der Waals surface area contributed by atoms with Gasteiger partial charge in [-0.2, -0.15) is 5.10 Å². The summed E-state index contributed by atoms with van der Waals surface area (Å²) in [5.41, 5.74) is 5.40. The van der Waals surface area contributed by atoms with Crippen LogP contribution in [0.1, 0.15) is 113 Å². The fraction of sp³-hybridized carbons (Fsp3) is 0.545. The first-order valence-corrected chi connectivity index (χ1v) is 16.7. The number of sulfone groups is 1. The van der Waals surface area contributed by atoms with Crippen LogP contribution in [0, 0.1) is 0 Å². The van der Waals surface area contributed by atoms with E-state index in [1.165, 1.54) is 24.1 Å². The number of aryl methyl sites for hydroxylation is 1. The molecule has 0 radical (unpaired) electrons. The molecular formula is C33H44N4O3S. The minimum atomic E-state index is -3.23. The van der Waals surface area contributed by atoms with Crippen LogP contribution >= 0.6 is 0 Å². The van der Waals surface area contributed by atoms with Crippen molar-refractivity contribution in [2.24, 2.45) is 0 Å². The fourth-order valence-electron chi connectivity index (χ4n) is 5.87. The number of likely N-dealkylation sites (tertiary alicyclic amines) is 1. The maximum absolute atomic E-state index is 13.6. The number of carbonyl (C=O) groups is 1. The Morgan fingerprint density at radius 1 is 1.00 bits per heavy atom. The third-order valence-electron chi connectivity index (χ3n) is 8.53. The summed E-state index contributed by atoms with van der Waals surface area (Å²) < 4.78 is 26.4. The van der Waals surface area contributed by atoms with E-state index in [1.807, 2.05) is 17.0 Å². The Hall–Kier alpha value is -3.00. The summed E-state index contributed by atoms with van der Waals surface area (Å²) in [6.07, 6.45) is 5.57. The summed E-state index contributed by atoms with van der Waals surface area (Å²) in [5.74, 6) is 0.978. The molecule has 2 fully saturated rings. The standard InChI is InChI=1S/C33H44N4O3S/c1-7-41(39,40)25-16-11-23(12-17-25)13-18-31(38)36-19-26(28-21-37(22(2)3)35-32(28)33(4,5)6)27(20-36)30-10-8-9-29(34-30)24-14-15-24/h8-12,16-17,21-22,24,26-27H,7,13-15,18-20H2,1-6H3. The molecule has 1 aromatic carbocycles. The van der Waals surface area contributed by atoms with E-state index in [1.54, 1.807) is 19.1 Å². The molecule has 2 atom stereocenters. The third kappa shape index (κ3) is 6.42. The first kappa shape index (κ1) is 29.5. The Bertz CT molecular complexity index is 1500. The highest BCUT2D eigenvalue weighted by Crippen LogP contribution is 2.44. The van der Waals surface area contributed by atoms with Gasteiger partial charge in [-0.1, -0.05) is 45.9 Å². The van der Waals surface area contributed by atoms with E-state index in [2.05, 4.69) is 63.7 Å². The zero-order chi connectivity index (χ0) is 29.5. The molecule has 41 heavy (non-hydrogen) atoms. The Balaban J connectivity index is 1.40. The number of amides is 1. The van der Waals surface area contributed by atoms with Crippen molar-refractivity contribution in [2.45, 2.75) is 101 Å². The van der Waals surface area contributed by atoms with E-state index >= 15 is 0 Å². The SMILES string of the molecule is CCS(=O)(=O)c1ccc(CCC(=O)N2CC(c3cccc(C4CC4)n3)C(c3cn(C(C)C)nc3C(C)(C)C)C2)cc1. The van der Waals surface area contributed by atoms with Crippen molar-refractivity contribution in [3.63, 3.8) is 0 Å². The quantitative estimate of drug-likeness (QED) is 0.304. The highest BCUT2D eigenvalue weighted by molar-refractivity contribution is 7.91. The summed E-state index contributed by atoms with van der Waals surface area (Å²) in [6, 6.07) is 13.6. The molecule has 0 spiro atoms. The molecule has 7 nitrogen and oxygen atoms in total. The summed E-state index contributed by atoms with van der Waals surface area (Å²) in [7, 11) is -3.23. The zero-order valence-corrected chi connectivity index (χ0v) is 26.1. The maximum Gasteiger partial charge on any atom is 0.222 e. The Kier molecular flexibility index (Phi) is 8.16. The fourth-order valence-corrected chi connectivity index (χ4v) is 6.75. The van der Waals surface area contributed by atoms with Crippen LogP contribution in [0.25, 0.3) is 0 Å². The molecule has 5 rings (SSSR count). The average molecular weight is 577 g/mol. The van der Waals surface area contributed by atoms with Crippen LogP contribution in [0.5, 0.6) is 0 Å². The molecule has 0 N–H and O–H groups in total. The number of pyridine rings is 1. The van der Waals surface area contributed by atoms with Crippen LogP contribution in [-0.2, 0) is 26.5 Å². The molecule has 1 aliphatic carbocycles. The largest absolute Gasteiger partial charge is 0.341 e. The number of hydrogen-bond acceptors (Lipinski definition) is 5. The van der Waals surface area contributed by atoms with Crippen molar-refractivity contribution < 1.29 is 13.2 Å². The van der Waals surface area contributed by atoms with Gasteiger partial charge in [-0.05, 0) is 68.5 Å². The highest BCUT2D eigenvalue weighted by Gasteiger charge is 2.41. The number of benzene rings is 1. The second kappa shape index (κ2) is 11.3.